The topological polar surface area (TPSA) is 130 Å². The monoisotopic (exact) mass is 541 g/mol. The molecular formula is C23H20BrN5O4S. The van der Waals surface area contributed by atoms with Gasteiger partial charge in [-0.1, -0.05) is 42.0 Å². The minimum atomic E-state index is -4.03. The molecule has 0 saturated heterocycles. The van der Waals surface area contributed by atoms with Gasteiger partial charge in [-0.2, -0.15) is 4.98 Å². The van der Waals surface area contributed by atoms with Crippen LogP contribution in [0.1, 0.15) is 5.56 Å². The lowest BCUT2D eigenvalue weighted by Crippen LogP contribution is -2.14. The summed E-state index contributed by atoms with van der Waals surface area (Å²) in [5.41, 5.74) is 3.33. The molecule has 4 aromatic rings. The zero-order valence-electron chi connectivity index (χ0n) is 18.1. The van der Waals surface area contributed by atoms with Crippen molar-refractivity contribution in [3.05, 3.63) is 77.2 Å². The number of primary sulfonamides is 1. The summed E-state index contributed by atoms with van der Waals surface area (Å²) in [6.45, 7) is 2.27. The van der Waals surface area contributed by atoms with Crippen LogP contribution in [0, 0.1) is 6.92 Å². The summed E-state index contributed by atoms with van der Waals surface area (Å²) >= 11 is 3.26. The second-order valence-electron chi connectivity index (χ2n) is 7.19. The molecule has 2 aromatic heterocycles. The fourth-order valence-corrected chi connectivity index (χ4v) is 4.17. The van der Waals surface area contributed by atoms with E-state index in [-0.39, 0.29) is 30.1 Å². The number of halogens is 1. The number of aryl methyl sites for hydroxylation is 1. The molecule has 0 amide bonds. The molecule has 2 N–H and O–H groups in total. The predicted octanol–water partition coefficient (Wildman–Crippen LogP) is 3.78. The van der Waals surface area contributed by atoms with Gasteiger partial charge in [0.15, 0.2) is 0 Å². The first-order valence-electron chi connectivity index (χ1n) is 10.1. The molecule has 0 saturated carbocycles. The summed E-state index contributed by atoms with van der Waals surface area (Å²) in [4.78, 5) is 16.5. The van der Waals surface area contributed by atoms with Gasteiger partial charge < -0.3 is 9.47 Å². The standard InChI is InChI=1S/C23H20BrN5O4S/c1-15-5-7-16(8-6-15)18-3-2-4-20(34(25,30)31)21(18)19-9-10-26-23(29-19)33-12-11-32-22-27-13-17(24)14-28-22/h2-10,13-14H,11-12H2,1H3,(H2,25,30,31). The average molecular weight is 542 g/mol. The molecule has 174 valence electrons. The van der Waals surface area contributed by atoms with E-state index < -0.39 is 10.0 Å². The van der Waals surface area contributed by atoms with Crippen molar-refractivity contribution >= 4 is 26.0 Å². The highest BCUT2D eigenvalue weighted by Gasteiger charge is 2.21. The second-order valence-corrected chi connectivity index (χ2v) is 9.64. The lowest BCUT2D eigenvalue weighted by atomic mass is 9.97. The van der Waals surface area contributed by atoms with Crippen molar-refractivity contribution in [3.63, 3.8) is 0 Å². The molecule has 34 heavy (non-hydrogen) atoms. The highest BCUT2D eigenvalue weighted by atomic mass is 79.9. The lowest BCUT2D eigenvalue weighted by Gasteiger charge is -2.14. The second kappa shape index (κ2) is 10.2. The van der Waals surface area contributed by atoms with Crippen LogP contribution in [0.5, 0.6) is 12.0 Å². The number of hydrogen-bond acceptors (Lipinski definition) is 8. The molecule has 4 rings (SSSR count). The van der Waals surface area contributed by atoms with E-state index in [4.69, 9.17) is 14.6 Å². The molecule has 0 spiro atoms. The van der Waals surface area contributed by atoms with Gasteiger partial charge in [0, 0.05) is 24.2 Å². The fraction of sp³-hybridized carbons (Fsp3) is 0.130. The lowest BCUT2D eigenvalue weighted by molar-refractivity contribution is 0.196. The largest absolute Gasteiger partial charge is 0.460 e. The first kappa shape index (κ1) is 23.7. The SMILES string of the molecule is Cc1ccc(-c2cccc(S(N)(=O)=O)c2-c2ccnc(OCCOc3ncc(Br)cn3)n2)cc1. The number of nitrogens with two attached hydrogens (primary N) is 1. The summed E-state index contributed by atoms with van der Waals surface area (Å²) in [6, 6.07) is 14.6. The van der Waals surface area contributed by atoms with Crippen LogP contribution in [0.25, 0.3) is 22.4 Å². The molecular weight excluding hydrogens is 522 g/mol. The van der Waals surface area contributed by atoms with Crippen LogP contribution in [-0.2, 0) is 10.0 Å². The quantitative estimate of drug-likeness (QED) is 0.333. The zero-order valence-corrected chi connectivity index (χ0v) is 20.5. The van der Waals surface area contributed by atoms with Crippen LogP contribution < -0.4 is 14.6 Å². The van der Waals surface area contributed by atoms with Gasteiger partial charge in [0.2, 0.25) is 10.0 Å². The molecule has 2 aromatic carbocycles. The van der Waals surface area contributed by atoms with Crippen molar-refractivity contribution in [1.82, 2.24) is 19.9 Å². The molecule has 0 radical (unpaired) electrons. The van der Waals surface area contributed by atoms with Gasteiger partial charge in [0.05, 0.1) is 15.1 Å². The van der Waals surface area contributed by atoms with Crippen molar-refractivity contribution in [2.75, 3.05) is 13.2 Å². The number of hydrogen-bond donors (Lipinski definition) is 1. The van der Waals surface area contributed by atoms with Crippen molar-refractivity contribution in [3.8, 4) is 34.4 Å². The molecule has 0 aliphatic rings. The van der Waals surface area contributed by atoms with Crippen LogP contribution in [0.3, 0.4) is 0 Å². The highest BCUT2D eigenvalue weighted by molar-refractivity contribution is 9.10. The predicted molar refractivity (Wildman–Crippen MR) is 130 cm³/mol. The average Bonchev–Trinajstić information content (AvgIpc) is 2.83. The van der Waals surface area contributed by atoms with Gasteiger partial charge in [-0.15, -0.1) is 0 Å². The van der Waals surface area contributed by atoms with Crippen molar-refractivity contribution in [1.29, 1.82) is 0 Å². The Bertz CT molecular complexity index is 1400. The number of nitrogens with zero attached hydrogens (tertiary/aromatic N) is 4. The van der Waals surface area contributed by atoms with Gasteiger partial charge in [-0.05, 0) is 46.1 Å². The molecule has 0 atom stereocenters. The Kier molecular flexibility index (Phi) is 7.15. The Morgan fingerprint density at radius 3 is 2.26 bits per heavy atom. The van der Waals surface area contributed by atoms with Gasteiger partial charge in [0.1, 0.15) is 13.2 Å². The summed E-state index contributed by atoms with van der Waals surface area (Å²) < 4.78 is 36.6. The van der Waals surface area contributed by atoms with E-state index in [0.29, 0.717) is 16.8 Å². The third-order valence-corrected chi connectivity index (χ3v) is 6.09. The van der Waals surface area contributed by atoms with E-state index in [1.165, 1.54) is 12.3 Å². The Labute approximate surface area is 205 Å². The Morgan fingerprint density at radius 1 is 0.912 bits per heavy atom. The number of ether oxygens (including phenoxy) is 2. The van der Waals surface area contributed by atoms with Crippen LogP contribution in [0.4, 0.5) is 0 Å². The van der Waals surface area contributed by atoms with Crippen LogP contribution in [0.15, 0.2) is 76.5 Å². The van der Waals surface area contributed by atoms with Crippen molar-refractivity contribution in [2.24, 2.45) is 5.14 Å². The van der Waals surface area contributed by atoms with Gasteiger partial charge in [-0.25, -0.2) is 28.5 Å². The van der Waals surface area contributed by atoms with Gasteiger partial charge in [0.25, 0.3) is 0 Å². The minimum Gasteiger partial charge on any atom is -0.460 e. The minimum absolute atomic E-state index is 0.0362. The maximum Gasteiger partial charge on any atom is 0.317 e. The normalized spacial score (nSPS) is 11.3. The van der Waals surface area contributed by atoms with Crippen LogP contribution >= 0.6 is 15.9 Å². The molecule has 0 unspecified atom stereocenters. The van der Waals surface area contributed by atoms with E-state index >= 15 is 0 Å². The maximum absolute atomic E-state index is 12.4. The van der Waals surface area contributed by atoms with Crippen molar-refractivity contribution < 1.29 is 17.9 Å². The first-order valence-corrected chi connectivity index (χ1v) is 12.4. The van der Waals surface area contributed by atoms with E-state index in [9.17, 15) is 8.42 Å². The molecule has 2 heterocycles. The van der Waals surface area contributed by atoms with Crippen LogP contribution in [-0.4, -0.2) is 41.6 Å². The van der Waals surface area contributed by atoms with Crippen molar-refractivity contribution in [2.45, 2.75) is 11.8 Å². The number of aromatic nitrogens is 4. The number of rotatable bonds is 8. The summed E-state index contributed by atoms with van der Waals surface area (Å²) in [5.74, 6) is 0. The fourth-order valence-electron chi connectivity index (χ4n) is 3.20. The summed E-state index contributed by atoms with van der Waals surface area (Å²) in [6.07, 6.45) is 4.64. The molecule has 0 bridgehead atoms. The molecule has 9 nitrogen and oxygen atoms in total. The maximum atomic E-state index is 12.4. The molecule has 0 aliphatic heterocycles. The van der Waals surface area contributed by atoms with E-state index in [1.807, 2.05) is 37.3 Å². The summed E-state index contributed by atoms with van der Waals surface area (Å²) in [7, 11) is -4.03. The van der Waals surface area contributed by atoms with Gasteiger partial charge >= 0.3 is 12.0 Å². The Balaban J connectivity index is 1.61. The van der Waals surface area contributed by atoms with Gasteiger partial charge in [-0.3, -0.25) is 0 Å². The zero-order chi connectivity index (χ0) is 24.1. The number of sulfonamides is 1. The van der Waals surface area contributed by atoms with E-state index in [2.05, 4.69) is 35.9 Å². The number of benzene rings is 2. The van der Waals surface area contributed by atoms with E-state index in [0.717, 1.165) is 15.6 Å². The first-order chi connectivity index (χ1) is 16.3. The molecule has 0 aliphatic carbocycles. The smallest absolute Gasteiger partial charge is 0.317 e. The Hall–Kier alpha value is -3.41. The summed E-state index contributed by atoms with van der Waals surface area (Å²) in [5, 5.41) is 5.53. The highest BCUT2D eigenvalue weighted by Crippen LogP contribution is 2.36. The third kappa shape index (κ3) is 5.74. The third-order valence-electron chi connectivity index (χ3n) is 4.73. The van der Waals surface area contributed by atoms with Crippen LogP contribution in [0.2, 0.25) is 0 Å². The molecule has 11 heteroatoms. The Morgan fingerprint density at radius 2 is 1.59 bits per heavy atom. The van der Waals surface area contributed by atoms with E-state index in [1.54, 1.807) is 24.5 Å². The molecule has 0 fully saturated rings.